The molecule has 8 nitrogen and oxygen atoms in total. The highest BCUT2D eigenvalue weighted by Gasteiger charge is 2.32. The summed E-state index contributed by atoms with van der Waals surface area (Å²) in [5.41, 5.74) is 15.9. The number of piperidine rings is 2. The van der Waals surface area contributed by atoms with Crippen molar-refractivity contribution in [1.29, 1.82) is 0 Å². The highest BCUT2D eigenvalue weighted by molar-refractivity contribution is 6.31. The number of hydrogen-bond donors (Lipinski definition) is 2. The number of carbonyl (C=O) groups excluding carboxylic acids is 1. The third-order valence-corrected chi connectivity index (χ3v) is 6.97. The molecular weight excluding hydrogens is 438 g/mol. The van der Waals surface area contributed by atoms with Crippen molar-refractivity contribution in [2.75, 3.05) is 30.3 Å². The van der Waals surface area contributed by atoms with Crippen LogP contribution in [-0.4, -0.2) is 51.1 Å². The van der Waals surface area contributed by atoms with Gasteiger partial charge in [0.15, 0.2) is 5.65 Å². The Morgan fingerprint density at radius 1 is 1.15 bits per heavy atom. The van der Waals surface area contributed by atoms with Crippen LogP contribution in [0.1, 0.15) is 59.8 Å². The first kappa shape index (κ1) is 22.0. The fraction of sp³-hybridized carbons (Fsp3) is 0.458. The van der Waals surface area contributed by atoms with E-state index in [1.165, 1.54) is 0 Å². The van der Waals surface area contributed by atoms with E-state index in [1.54, 1.807) is 18.2 Å². The summed E-state index contributed by atoms with van der Waals surface area (Å²) >= 11 is 6.15. The number of amides is 1. The summed E-state index contributed by atoms with van der Waals surface area (Å²) in [4.78, 5) is 22.5. The lowest BCUT2D eigenvalue weighted by molar-refractivity contribution is 0.0607. The van der Waals surface area contributed by atoms with Gasteiger partial charge in [-0.2, -0.15) is 5.10 Å². The molecule has 2 aliphatic rings. The molecule has 1 amide bonds. The number of nitrogens with two attached hydrogens (primary N) is 2. The van der Waals surface area contributed by atoms with Gasteiger partial charge < -0.3 is 21.3 Å². The minimum absolute atomic E-state index is 0.108. The summed E-state index contributed by atoms with van der Waals surface area (Å²) in [5, 5.41) is 5.32. The second-order valence-corrected chi connectivity index (χ2v) is 9.65. The van der Waals surface area contributed by atoms with Gasteiger partial charge in [-0.3, -0.25) is 4.79 Å². The number of likely N-dealkylation sites (tertiary alicyclic amines) is 1. The normalized spacial score (nSPS) is 21.5. The topological polar surface area (TPSA) is 106 Å². The second kappa shape index (κ2) is 8.83. The number of aryl methyl sites for hydroxylation is 1. The van der Waals surface area contributed by atoms with E-state index < -0.39 is 0 Å². The van der Waals surface area contributed by atoms with Crippen molar-refractivity contribution in [2.24, 2.45) is 5.73 Å². The van der Waals surface area contributed by atoms with Crippen LogP contribution in [0.4, 0.5) is 11.5 Å². The number of carbonyl (C=O) groups is 1. The van der Waals surface area contributed by atoms with Crippen LogP contribution < -0.4 is 16.4 Å². The van der Waals surface area contributed by atoms with Gasteiger partial charge in [-0.25, -0.2) is 9.50 Å². The van der Waals surface area contributed by atoms with Gasteiger partial charge in [0.2, 0.25) is 0 Å². The Balaban J connectivity index is 1.47. The fourth-order valence-electron chi connectivity index (χ4n) is 5.06. The van der Waals surface area contributed by atoms with Crippen LogP contribution in [0.2, 0.25) is 5.02 Å². The largest absolute Gasteiger partial charge is 0.398 e. The lowest BCUT2D eigenvalue weighted by Gasteiger charge is -2.35. The van der Waals surface area contributed by atoms with E-state index in [4.69, 9.17) is 33.2 Å². The standard InChI is InChI=1S/C24H30ClN7O/c1-15-13-32-22(28-23(15)30-9-4-5-17(26)14-30)12-20(29-32)21-6-2-3-10-31(21)24(33)18-11-16(25)7-8-19(18)27/h7-8,11-13,17,21H,2-6,9-10,14,26-27H2,1H3/t17-,21+/m1/s1. The lowest BCUT2D eigenvalue weighted by atomic mass is 9.98. The maximum Gasteiger partial charge on any atom is 0.256 e. The number of halogens is 1. The Morgan fingerprint density at radius 3 is 2.82 bits per heavy atom. The molecule has 4 heterocycles. The maximum atomic E-state index is 13.4. The molecule has 0 aliphatic carbocycles. The molecule has 2 atom stereocenters. The molecule has 174 valence electrons. The summed E-state index contributed by atoms with van der Waals surface area (Å²) in [7, 11) is 0. The van der Waals surface area contributed by atoms with Crippen molar-refractivity contribution in [3.8, 4) is 0 Å². The van der Waals surface area contributed by atoms with Crippen LogP contribution in [0.5, 0.6) is 0 Å². The first-order valence-corrected chi connectivity index (χ1v) is 12.0. The number of anilines is 2. The third kappa shape index (κ3) is 4.25. The molecular formula is C24H30ClN7O. The average molecular weight is 468 g/mol. The quantitative estimate of drug-likeness (QED) is 0.570. The fourth-order valence-corrected chi connectivity index (χ4v) is 5.23. The minimum Gasteiger partial charge on any atom is -0.398 e. The zero-order valence-electron chi connectivity index (χ0n) is 18.9. The molecule has 3 aromatic rings. The summed E-state index contributed by atoms with van der Waals surface area (Å²) < 4.78 is 1.82. The number of hydrogen-bond acceptors (Lipinski definition) is 6. The van der Waals surface area contributed by atoms with Crippen LogP contribution in [0, 0.1) is 6.92 Å². The molecule has 2 saturated heterocycles. The van der Waals surface area contributed by atoms with Crippen LogP contribution in [0.3, 0.4) is 0 Å². The van der Waals surface area contributed by atoms with Gasteiger partial charge in [-0.05, 0) is 57.2 Å². The predicted molar refractivity (Wildman–Crippen MR) is 131 cm³/mol. The van der Waals surface area contributed by atoms with Gasteiger partial charge in [0.1, 0.15) is 5.82 Å². The molecule has 0 bridgehead atoms. The SMILES string of the molecule is Cc1cn2nc([C@@H]3CCCCN3C(=O)c3cc(Cl)ccc3N)cc2nc1N1CCC[C@@H](N)C1. The number of nitrogen functional groups attached to an aromatic ring is 1. The highest BCUT2D eigenvalue weighted by atomic mass is 35.5. The number of nitrogens with zero attached hydrogens (tertiary/aromatic N) is 5. The second-order valence-electron chi connectivity index (χ2n) is 9.21. The average Bonchev–Trinajstić information content (AvgIpc) is 3.22. The number of aromatic nitrogens is 3. The zero-order chi connectivity index (χ0) is 23.1. The Bertz CT molecular complexity index is 1190. The van der Waals surface area contributed by atoms with Gasteiger partial charge >= 0.3 is 0 Å². The molecule has 0 unspecified atom stereocenters. The maximum absolute atomic E-state index is 13.4. The molecule has 0 spiro atoms. The van der Waals surface area contributed by atoms with Crippen molar-refractivity contribution >= 4 is 34.7 Å². The van der Waals surface area contributed by atoms with Crippen molar-refractivity contribution in [3.05, 3.63) is 52.3 Å². The Kier molecular flexibility index (Phi) is 5.88. The monoisotopic (exact) mass is 467 g/mol. The van der Waals surface area contributed by atoms with Crippen molar-refractivity contribution < 1.29 is 4.79 Å². The van der Waals surface area contributed by atoms with E-state index >= 15 is 0 Å². The summed E-state index contributed by atoms with van der Waals surface area (Å²) in [6.07, 6.45) is 6.98. The lowest BCUT2D eigenvalue weighted by Crippen LogP contribution is -2.43. The molecule has 4 N–H and O–H groups in total. The van der Waals surface area contributed by atoms with E-state index in [-0.39, 0.29) is 18.0 Å². The number of rotatable bonds is 3. The summed E-state index contributed by atoms with van der Waals surface area (Å²) in [5.74, 6) is 0.858. The molecule has 2 fully saturated rings. The summed E-state index contributed by atoms with van der Waals surface area (Å²) in [6.45, 7) is 4.50. The van der Waals surface area contributed by atoms with Crippen LogP contribution in [-0.2, 0) is 0 Å². The smallest absolute Gasteiger partial charge is 0.256 e. The van der Waals surface area contributed by atoms with Crippen LogP contribution >= 0.6 is 11.6 Å². The Hall–Kier alpha value is -2.84. The van der Waals surface area contributed by atoms with Crippen molar-refractivity contribution in [3.63, 3.8) is 0 Å². The van der Waals surface area contributed by atoms with E-state index in [0.717, 1.165) is 67.9 Å². The minimum atomic E-state index is -0.126. The molecule has 1 aromatic carbocycles. The van der Waals surface area contributed by atoms with E-state index in [0.29, 0.717) is 22.8 Å². The molecule has 0 radical (unpaired) electrons. The number of fused-ring (bicyclic) bond motifs is 1. The van der Waals surface area contributed by atoms with Crippen molar-refractivity contribution in [2.45, 2.75) is 51.1 Å². The van der Waals surface area contributed by atoms with Crippen LogP contribution in [0.25, 0.3) is 5.65 Å². The highest BCUT2D eigenvalue weighted by Crippen LogP contribution is 2.34. The third-order valence-electron chi connectivity index (χ3n) is 6.73. The molecule has 0 saturated carbocycles. The molecule has 33 heavy (non-hydrogen) atoms. The Labute approximate surface area is 198 Å². The van der Waals surface area contributed by atoms with Crippen LogP contribution in [0.15, 0.2) is 30.5 Å². The summed E-state index contributed by atoms with van der Waals surface area (Å²) in [6, 6.07) is 7.08. The molecule has 5 rings (SSSR count). The molecule has 9 heteroatoms. The van der Waals surface area contributed by atoms with Gasteiger partial charge in [-0.15, -0.1) is 0 Å². The first-order chi connectivity index (χ1) is 15.9. The molecule has 2 aliphatic heterocycles. The zero-order valence-corrected chi connectivity index (χ0v) is 19.6. The Morgan fingerprint density at radius 2 is 2.00 bits per heavy atom. The van der Waals surface area contributed by atoms with E-state index in [2.05, 4.69) is 11.8 Å². The van der Waals surface area contributed by atoms with Gasteiger partial charge in [0, 0.05) is 54.2 Å². The van der Waals surface area contributed by atoms with E-state index in [1.807, 2.05) is 21.7 Å². The molecule has 2 aromatic heterocycles. The first-order valence-electron chi connectivity index (χ1n) is 11.6. The predicted octanol–water partition coefficient (Wildman–Crippen LogP) is 3.57. The van der Waals surface area contributed by atoms with E-state index in [9.17, 15) is 4.79 Å². The van der Waals surface area contributed by atoms with Gasteiger partial charge in [0.05, 0.1) is 17.3 Å². The number of benzene rings is 1. The van der Waals surface area contributed by atoms with Gasteiger partial charge in [0.25, 0.3) is 5.91 Å². The van der Waals surface area contributed by atoms with Gasteiger partial charge in [-0.1, -0.05) is 11.6 Å². The van der Waals surface area contributed by atoms with Crippen molar-refractivity contribution in [1.82, 2.24) is 19.5 Å².